The molecule has 2 aliphatic rings. The Morgan fingerprint density at radius 1 is 0.966 bits per heavy atom. The number of amides is 2. The van der Waals surface area contributed by atoms with E-state index < -0.39 is 12.1 Å². The molecule has 2 aromatic rings. The highest BCUT2D eigenvalue weighted by atomic mass is 16.5. The minimum absolute atomic E-state index is 0.00126. The number of esters is 1. The van der Waals surface area contributed by atoms with E-state index in [9.17, 15) is 14.4 Å². The topological polar surface area (TPSA) is 66.9 Å². The van der Waals surface area contributed by atoms with Crippen LogP contribution in [-0.2, 0) is 27.3 Å². The van der Waals surface area contributed by atoms with Gasteiger partial charge in [-0.15, -0.1) is 0 Å². The number of rotatable bonds is 4. The van der Waals surface area contributed by atoms with Crippen molar-refractivity contribution in [1.82, 2.24) is 4.90 Å². The van der Waals surface area contributed by atoms with E-state index in [0.717, 1.165) is 18.4 Å². The molecule has 2 aliphatic heterocycles. The minimum Gasteiger partial charge on any atom is -0.449 e. The molecule has 0 saturated carbocycles. The molecule has 0 aliphatic carbocycles. The quantitative estimate of drug-likeness (QED) is 0.751. The number of fused-ring (bicyclic) bond motifs is 1. The number of anilines is 1. The molecule has 0 radical (unpaired) electrons. The SMILES string of the molecule is C[C@H](OC(=O)c1ccccc1N1CCCC1=O)C(=O)N1CCc2ccccc2C1. The second kappa shape index (κ2) is 8.07. The van der Waals surface area contributed by atoms with Crippen molar-refractivity contribution in [3.63, 3.8) is 0 Å². The van der Waals surface area contributed by atoms with E-state index in [1.807, 2.05) is 18.2 Å². The van der Waals surface area contributed by atoms with Gasteiger partial charge in [-0.25, -0.2) is 4.79 Å². The number of hydrogen-bond donors (Lipinski definition) is 0. The van der Waals surface area contributed by atoms with E-state index in [1.165, 1.54) is 5.56 Å². The summed E-state index contributed by atoms with van der Waals surface area (Å²) in [6.45, 7) is 3.32. The molecule has 2 heterocycles. The van der Waals surface area contributed by atoms with Crippen LogP contribution < -0.4 is 4.90 Å². The van der Waals surface area contributed by atoms with Crippen LogP contribution in [0.4, 0.5) is 5.69 Å². The fraction of sp³-hybridized carbons (Fsp3) is 0.348. The molecule has 1 saturated heterocycles. The number of hydrogen-bond acceptors (Lipinski definition) is 4. The van der Waals surface area contributed by atoms with E-state index in [-0.39, 0.29) is 11.8 Å². The molecule has 29 heavy (non-hydrogen) atoms. The summed E-state index contributed by atoms with van der Waals surface area (Å²) >= 11 is 0. The second-order valence-corrected chi connectivity index (χ2v) is 7.49. The largest absolute Gasteiger partial charge is 0.449 e. The number of benzene rings is 2. The molecule has 6 heteroatoms. The van der Waals surface area contributed by atoms with E-state index >= 15 is 0 Å². The zero-order valence-corrected chi connectivity index (χ0v) is 16.5. The predicted molar refractivity (Wildman–Crippen MR) is 108 cm³/mol. The first kappa shape index (κ1) is 19.2. The molecule has 0 N–H and O–H groups in total. The van der Waals surface area contributed by atoms with Gasteiger partial charge in [0.05, 0.1) is 11.3 Å². The molecule has 1 atom stereocenters. The number of carbonyl (C=O) groups is 3. The van der Waals surface area contributed by atoms with Gasteiger partial charge >= 0.3 is 5.97 Å². The molecular weight excluding hydrogens is 368 g/mol. The lowest BCUT2D eigenvalue weighted by Crippen LogP contribution is -2.42. The second-order valence-electron chi connectivity index (χ2n) is 7.49. The molecule has 1 fully saturated rings. The maximum Gasteiger partial charge on any atom is 0.341 e. The number of para-hydroxylation sites is 1. The molecule has 2 aromatic carbocycles. The molecule has 4 rings (SSSR count). The monoisotopic (exact) mass is 392 g/mol. The van der Waals surface area contributed by atoms with Crippen LogP contribution in [0.5, 0.6) is 0 Å². The highest BCUT2D eigenvalue weighted by molar-refractivity contribution is 6.04. The Bertz CT molecular complexity index is 955. The summed E-state index contributed by atoms with van der Waals surface area (Å²) in [6.07, 6.45) is 1.15. The summed E-state index contributed by atoms with van der Waals surface area (Å²) in [6, 6.07) is 15.0. The van der Waals surface area contributed by atoms with Gasteiger partial charge in [-0.2, -0.15) is 0 Å². The lowest BCUT2D eigenvalue weighted by Gasteiger charge is -2.30. The summed E-state index contributed by atoms with van der Waals surface area (Å²) in [5, 5.41) is 0. The summed E-state index contributed by atoms with van der Waals surface area (Å²) in [4.78, 5) is 41.1. The summed E-state index contributed by atoms with van der Waals surface area (Å²) < 4.78 is 5.51. The molecule has 0 spiro atoms. The Kier molecular flexibility index (Phi) is 5.34. The van der Waals surface area contributed by atoms with Gasteiger partial charge in [0.1, 0.15) is 0 Å². The van der Waals surface area contributed by atoms with Gasteiger partial charge in [-0.3, -0.25) is 9.59 Å². The highest BCUT2D eigenvalue weighted by Crippen LogP contribution is 2.26. The van der Waals surface area contributed by atoms with E-state index in [4.69, 9.17) is 4.74 Å². The Balaban J connectivity index is 1.45. The average Bonchev–Trinajstić information content (AvgIpc) is 3.18. The Hall–Kier alpha value is -3.15. The normalized spacial score (nSPS) is 17.1. The van der Waals surface area contributed by atoms with Gasteiger partial charge in [0, 0.05) is 26.1 Å². The Labute approximate surface area is 170 Å². The summed E-state index contributed by atoms with van der Waals surface area (Å²) in [5.74, 6) is -0.789. The first-order chi connectivity index (χ1) is 14.0. The van der Waals surface area contributed by atoms with Crippen LogP contribution in [0.25, 0.3) is 0 Å². The van der Waals surface area contributed by atoms with Gasteiger partial charge in [0.25, 0.3) is 5.91 Å². The summed E-state index contributed by atoms with van der Waals surface area (Å²) in [7, 11) is 0. The zero-order valence-electron chi connectivity index (χ0n) is 16.5. The van der Waals surface area contributed by atoms with Crippen LogP contribution >= 0.6 is 0 Å². The van der Waals surface area contributed by atoms with Gasteiger partial charge < -0.3 is 14.5 Å². The van der Waals surface area contributed by atoms with Crippen molar-refractivity contribution in [2.24, 2.45) is 0 Å². The highest BCUT2D eigenvalue weighted by Gasteiger charge is 2.30. The van der Waals surface area contributed by atoms with Crippen LogP contribution in [-0.4, -0.2) is 41.9 Å². The number of ether oxygens (including phenoxy) is 1. The van der Waals surface area contributed by atoms with Crippen LogP contribution in [0.1, 0.15) is 41.3 Å². The summed E-state index contributed by atoms with van der Waals surface area (Å²) in [5.41, 5.74) is 3.24. The fourth-order valence-corrected chi connectivity index (χ4v) is 4.00. The van der Waals surface area contributed by atoms with Crippen LogP contribution in [0.2, 0.25) is 0 Å². The van der Waals surface area contributed by atoms with E-state index in [1.54, 1.807) is 41.0 Å². The first-order valence-electron chi connectivity index (χ1n) is 10.0. The Morgan fingerprint density at radius 3 is 2.45 bits per heavy atom. The Morgan fingerprint density at radius 2 is 1.69 bits per heavy atom. The van der Waals surface area contributed by atoms with Gasteiger partial charge in [-0.1, -0.05) is 36.4 Å². The number of carbonyl (C=O) groups excluding carboxylic acids is 3. The van der Waals surface area contributed by atoms with Crippen LogP contribution in [0.3, 0.4) is 0 Å². The van der Waals surface area contributed by atoms with Crippen molar-refractivity contribution < 1.29 is 19.1 Å². The third-order valence-electron chi connectivity index (χ3n) is 5.56. The van der Waals surface area contributed by atoms with E-state index in [0.29, 0.717) is 37.3 Å². The standard InChI is InChI=1S/C23H24N2O4/c1-16(22(27)24-14-12-17-7-2-3-8-18(17)15-24)29-23(28)19-9-4-5-10-20(19)25-13-6-11-21(25)26/h2-5,7-10,16H,6,11-15H2,1H3/t16-/m0/s1. The van der Waals surface area contributed by atoms with Gasteiger partial charge in [0.2, 0.25) is 5.91 Å². The van der Waals surface area contributed by atoms with Crippen LogP contribution in [0, 0.1) is 0 Å². The average molecular weight is 392 g/mol. The smallest absolute Gasteiger partial charge is 0.341 e. The predicted octanol–water partition coefficient (Wildman–Crippen LogP) is 2.94. The lowest BCUT2D eigenvalue weighted by atomic mass is 9.99. The number of nitrogens with zero attached hydrogens (tertiary/aromatic N) is 2. The molecule has 0 bridgehead atoms. The molecular formula is C23H24N2O4. The first-order valence-corrected chi connectivity index (χ1v) is 10.0. The van der Waals surface area contributed by atoms with Gasteiger partial charge in [-0.05, 0) is 43.0 Å². The maximum absolute atomic E-state index is 12.9. The molecule has 6 nitrogen and oxygen atoms in total. The van der Waals surface area contributed by atoms with Crippen molar-refractivity contribution in [3.05, 3.63) is 65.2 Å². The molecule has 150 valence electrons. The third kappa shape index (κ3) is 3.88. The van der Waals surface area contributed by atoms with Crippen LogP contribution in [0.15, 0.2) is 48.5 Å². The zero-order chi connectivity index (χ0) is 20.4. The lowest BCUT2D eigenvalue weighted by molar-refractivity contribution is -0.140. The van der Waals surface area contributed by atoms with Crippen molar-refractivity contribution in [3.8, 4) is 0 Å². The molecule has 0 unspecified atom stereocenters. The fourth-order valence-electron chi connectivity index (χ4n) is 4.00. The van der Waals surface area contributed by atoms with Crippen molar-refractivity contribution in [2.75, 3.05) is 18.0 Å². The molecule has 2 amide bonds. The third-order valence-corrected chi connectivity index (χ3v) is 5.56. The van der Waals surface area contributed by atoms with Crippen molar-refractivity contribution >= 4 is 23.5 Å². The van der Waals surface area contributed by atoms with Gasteiger partial charge in [0.15, 0.2) is 6.10 Å². The molecule has 0 aromatic heterocycles. The van der Waals surface area contributed by atoms with E-state index in [2.05, 4.69) is 6.07 Å². The van der Waals surface area contributed by atoms with Crippen molar-refractivity contribution in [1.29, 1.82) is 0 Å². The minimum atomic E-state index is -0.893. The maximum atomic E-state index is 12.9. The van der Waals surface area contributed by atoms with Crippen molar-refractivity contribution in [2.45, 2.75) is 38.8 Å².